The molecule has 0 aliphatic carbocycles. The molecule has 0 spiro atoms. The number of ether oxygens (including phenoxy) is 2. The van der Waals surface area contributed by atoms with Gasteiger partial charge >= 0.3 is 0 Å². The largest absolute Gasteiger partial charge is 0.493 e. The van der Waals surface area contributed by atoms with Gasteiger partial charge in [-0.25, -0.2) is 16.8 Å². The van der Waals surface area contributed by atoms with Crippen molar-refractivity contribution in [3.63, 3.8) is 0 Å². The molecule has 29 heavy (non-hydrogen) atoms. The number of nitrogens with one attached hydrogen (secondary N) is 1. The van der Waals surface area contributed by atoms with Crippen molar-refractivity contribution in [2.24, 2.45) is 0 Å². The number of hydrogen-bond donors (Lipinski definition) is 1. The third-order valence-corrected chi connectivity index (χ3v) is 8.87. The standard InChI is InChI=1S/C19H21NO7S2/c1-26-17-7-6-14(11-18(17)27-2)20-19(21)13-4-3-5-15(10-13)29(24,25)16-8-9-28(22,23)12-16/h3-7,10-11,16H,8-9,12H2,1-2H3,(H,20,21)/t16-/m1/s1. The summed E-state index contributed by atoms with van der Waals surface area (Å²) in [6.07, 6.45) is 0.0622. The molecule has 2 aromatic carbocycles. The van der Waals surface area contributed by atoms with Gasteiger partial charge in [-0.1, -0.05) is 6.07 Å². The third kappa shape index (κ3) is 4.54. The Labute approximate surface area is 169 Å². The average Bonchev–Trinajstić information content (AvgIpc) is 3.08. The van der Waals surface area contributed by atoms with Gasteiger partial charge < -0.3 is 14.8 Å². The molecule has 10 heteroatoms. The molecule has 0 unspecified atom stereocenters. The molecule has 8 nitrogen and oxygen atoms in total. The smallest absolute Gasteiger partial charge is 0.255 e. The highest BCUT2D eigenvalue weighted by atomic mass is 32.2. The van der Waals surface area contributed by atoms with E-state index in [1.165, 1.54) is 38.5 Å². The number of carbonyl (C=O) groups excluding carboxylic acids is 1. The molecule has 1 N–H and O–H groups in total. The van der Waals surface area contributed by atoms with Gasteiger partial charge in [0.1, 0.15) is 0 Å². The zero-order valence-corrected chi connectivity index (χ0v) is 17.5. The summed E-state index contributed by atoms with van der Waals surface area (Å²) in [6, 6.07) is 10.4. The number of hydrogen-bond acceptors (Lipinski definition) is 7. The van der Waals surface area contributed by atoms with Crippen LogP contribution in [0.25, 0.3) is 0 Å². The van der Waals surface area contributed by atoms with E-state index in [1.807, 2.05) is 0 Å². The zero-order valence-electron chi connectivity index (χ0n) is 15.9. The lowest BCUT2D eigenvalue weighted by Gasteiger charge is -2.12. The molecule has 0 bridgehead atoms. The van der Waals surface area contributed by atoms with Crippen molar-refractivity contribution < 1.29 is 31.1 Å². The Bertz CT molecular complexity index is 1140. The minimum atomic E-state index is -3.85. The number of amides is 1. The van der Waals surface area contributed by atoms with Gasteiger partial charge in [0.05, 0.1) is 35.9 Å². The van der Waals surface area contributed by atoms with Crippen LogP contribution in [-0.4, -0.2) is 53.7 Å². The Kier molecular flexibility index (Phi) is 5.85. The number of anilines is 1. The molecule has 1 atom stereocenters. The summed E-state index contributed by atoms with van der Waals surface area (Å²) in [6.45, 7) is 0. The first-order valence-corrected chi connectivity index (χ1v) is 12.1. The molecule has 1 amide bonds. The molecule has 1 heterocycles. The first-order chi connectivity index (χ1) is 13.7. The van der Waals surface area contributed by atoms with Crippen LogP contribution in [0, 0.1) is 0 Å². The molecule has 3 rings (SSSR count). The van der Waals surface area contributed by atoms with Crippen molar-refractivity contribution in [2.75, 3.05) is 31.0 Å². The Morgan fingerprint density at radius 2 is 1.79 bits per heavy atom. The summed E-state index contributed by atoms with van der Waals surface area (Å²) in [5.41, 5.74) is 0.588. The molecule has 2 aromatic rings. The van der Waals surface area contributed by atoms with E-state index in [1.54, 1.807) is 18.2 Å². The van der Waals surface area contributed by atoms with E-state index in [2.05, 4.69) is 5.32 Å². The van der Waals surface area contributed by atoms with Crippen molar-refractivity contribution in [3.05, 3.63) is 48.0 Å². The van der Waals surface area contributed by atoms with Crippen LogP contribution >= 0.6 is 0 Å². The van der Waals surface area contributed by atoms with Crippen molar-refractivity contribution in [1.29, 1.82) is 0 Å². The summed E-state index contributed by atoms with van der Waals surface area (Å²) < 4.78 is 59.2. The quantitative estimate of drug-likeness (QED) is 0.731. The molecule has 156 valence electrons. The monoisotopic (exact) mass is 439 g/mol. The van der Waals surface area contributed by atoms with Crippen LogP contribution in [0.5, 0.6) is 11.5 Å². The fourth-order valence-corrected chi connectivity index (χ4v) is 7.53. The fraction of sp³-hybridized carbons (Fsp3) is 0.316. The normalized spacial score (nSPS) is 18.2. The van der Waals surface area contributed by atoms with Crippen LogP contribution in [0.2, 0.25) is 0 Å². The second kappa shape index (κ2) is 8.03. The SMILES string of the molecule is COc1ccc(NC(=O)c2cccc(S(=O)(=O)[C@@H]3CCS(=O)(=O)C3)c2)cc1OC. The molecule has 1 saturated heterocycles. The van der Waals surface area contributed by atoms with Gasteiger partial charge in [0.25, 0.3) is 5.91 Å². The number of rotatable bonds is 6. The van der Waals surface area contributed by atoms with Crippen molar-refractivity contribution in [1.82, 2.24) is 0 Å². The minimum Gasteiger partial charge on any atom is -0.493 e. The lowest BCUT2D eigenvalue weighted by Crippen LogP contribution is -2.23. The number of benzene rings is 2. The Hall–Kier alpha value is -2.59. The molecular weight excluding hydrogens is 418 g/mol. The van der Waals surface area contributed by atoms with Gasteiger partial charge in [-0.15, -0.1) is 0 Å². The van der Waals surface area contributed by atoms with Crippen LogP contribution in [0.1, 0.15) is 16.8 Å². The summed E-state index contributed by atoms with van der Waals surface area (Å²) in [4.78, 5) is 12.5. The van der Waals surface area contributed by atoms with E-state index in [-0.39, 0.29) is 22.6 Å². The first kappa shape index (κ1) is 21.1. The predicted octanol–water partition coefficient (Wildman–Crippen LogP) is 1.92. The second-order valence-electron chi connectivity index (χ2n) is 6.62. The Balaban J connectivity index is 1.83. The topological polar surface area (TPSA) is 116 Å². The van der Waals surface area contributed by atoms with Crippen LogP contribution in [0.15, 0.2) is 47.4 Å². The number of sulfone groups is 2. The molecule has 1 aliphatic rings. The van der Waals surface area contributed by atoms with Gasteiger partial charge in [0.2, 0.25) is 0 Å². The molecule has 1 fully saturated rings. The molecule has 0 aromatic heterocycles. The van der Waals surface area contributed by atoms with Crippen molar-refractivity contribution in [3.8, 4) is 11.5 Å². The lowest BCUT2D eigenvalue weighted by molar-refractivity contribution is 0.102. The van der Waals surface area contributed by atoms with E-state index in [4.69, 9.17) is 9.47 Å². The summed E-state index contributed by atoms with van der Waals surface area (Å²) in [5.74, 6) is -0.101. The second-order valence-corrected chi connectivity index (χ2v) is 11.1. The highest BCUT2D eigenvalue weighted by Gasteiger charge is 2.38. The first-order valence-electron chi connectivity index (χ1n) is 8.74. The number of carbonyl (C=O) groups is 1. The maximum atomic E-state index is 12.8. The van der Waals surface area contributed by atoms with E-state index in [0.717, 1.165) is 0 Å². The maximum Gasteiger partial charge on any atom is 0.255 e. The molecular formula is C19H21NO7S2. The summed E-state index contributed by atoms with van der Waals surface area (Å²) in [5, 5.41) is 1.69. The highest BCUT2D eigenvalue weighted by Crippen LogP contribution is 2.30. The highest BCUT2D eigenvalue weighted by molar-refractivity contribution is 7.96. The van der Waals surface area contributed by atoms with Crippen LogP contribution in [-0.2, 0) is 19.7 Å². The molecule has 1 aliphatic heterocycles. The summed E-state index contributed by atoms with van der Waals surface area (Å²) >= 11 is 0. The van der Waals surface area contributed by atoms with E-state index in [9.17, 15) is 21.6 Å². The van der Waals surface area contributed by atoms with Crippen LogP contribution in [0.4, 0.5) is 5.69 Å². The zero-order chi connectivity index (χ0) is 21.2. The maximum absolute atomic E-state index is 12.8. The predicted molar refractivity (Wildman–Crippen MR) is 108 cm³/mol. The van der Waals surface area contributed by atoms with Gasteiger partial charge in [-0.05, 0) is 36.8 Å². The minimum absolute atomic E-state index is 0.0622. The van der Waals surface area contributed by atoms with E-state index < -0.39 is 36.6 Å². The van der Waals surface area contributed by atoms with Crippen molar-refractivity contribution >= 4 is 31.3 Å². The lowest BCUT2D eigenvalue weighted by atomic mass is 10.2. The van der Waals surface area contributed by atoms with E-state index >= 15 is 0 Å². The fourth-order valence-electron chi connectivity index (χ4n) is 3.13. The van der Waals surface area contributed by atoms with Crippen LogP contribution in [0.3, 0.4) is 0 Å². The Morgan fingerprint density at radius 3 is 2.41 bits per heavy atom. The van der Waals surface area contributed by atoms with E-state index in [0.29, 0.717) is 17.2 Å². The average molecular weight is 440 g/mol. The molecule has 0 saturated carbocycles. The third-order valence-electron chi connectivity index (χ3n) is 4.70. The Morgan fingerprint density at radius 1 is 1.07 bits per heavy atom. The summed E-state index contributed by atoms with van der Waals surface area (Å²) in [7, 11) is -4.23. The van der Waals surface area contributed by atoms with Gasteiger partial charge in [-0.2, -0.15) is 0 Å². The number of methoxy groups -OCH3 is 2. The van der Waals surface area contributed by atoms with Crippen LogP contribution < -0.4 is 14.8 Å². The van der Waals surface area contributed by atoms with Gasteiger partial charge in [0.15, 0.2) is 31.2 Å². The molecule has 0 radical (unpaired) electrons. The van der Waals surface area contributed by atoms with Crippen molar-refractivity contribution in [2.45, 2.75) is 16.6 Å². The van der Waals surface area contributed by atoms with Gasteiger partial charge in [0, 0.05) is 17.3 Å². The van der Waals surface area contributed by atoms with Gasteiger partial charge in [-0.3, -0.25) is 4.79 Å².